The Balaban J connectivity index is 2.34. The number of ether oxygens (including phenoxy) is 1. The molecular weight excluding hydrogens is 274 g/mol. The average molecular weight is 293 g/mol. The second-order valence-corrected chi connectivity index (χ2v) is 5.81. The molecule has 0 aliphatic heterocycles. The van der Waals surface area contributed by atoms with Crippen molar-refractivity contribution in [3.8, 4) is 0 Å². The highest BCUT2D eigenvalue weighted by molar-refractivity contribution is 7.11. The summed E-state index contributed by atoms with van der Waals surface area (Å²) >= 11 is 1.72. The number of carbonyl (C=O) groups is 1. The van der Waals surface area contributed by atoms with Crippen LogP contribution in [0, 0.1) is 6.92 Å². The van der Waals surface area contributed by atoms with Crippen LogP contribution in [0.25, 0.3) is 0 Å². The van der Waals surface area contributed by atoms with E-state index in [0.717, 1.165) is 5.82 Å². The Morgan fingerprint density at radius 3 is 2.75 bits per heavy atom. The van der Waals surface area contributed by atoms with Crippen LogP contribution in [0.4, 0.5) is 5.82 Å². The van der Waals surface area contributed by atoms with E-state index in [1.807, 2.05) is 11.5 Å². The molecule has 0 aliphatic rings. The van der Waals surface area contributed by atoms with Gasteiger partial charge in [-0.15, -0.1) is 11.3 Å². The molecule has 108 valence electrons. The second-order valence-electron chi connectivity index (χ2n) is 4.43. The van der Waals surface area contributed by atoms with Crippen molar-refractivity contribution in [1.29, 1.82) is 0 Å². The summed E-state index contributed by atoms with van der Waals surface area (Å²) in [6.45, 7) is 6.78. The topological polar surface area (TPSA) is 70.1 Å². The molecule has 0 aliphatic carbocycles. The van der Waals surface area contributed by atoms with Crippen LogP contribution < -0.4 is 5.73 Å². The lowest BCUT2D eigenvalue weighted by molar-refractivity contribution is 0.0521. The number of rotatable bonds is 5. The smallest absolute Gasteiger partial charge is 0.360 e. The Morgan fingerprint density at radius 2 is 2.20 bits per heavy atom. The maximum Gasteiger partial charge on any atom is 0.360 e. The maximum atomic E-state index is 11.8. The van der Waals surface area contributed by atoms with Gasteiger partial charge in [-0.1, -0.05) is 6.92 Å². The molecule has 2 aromatic rings. The van der Waals surface area contributed by atoms with Gasteiger partial charge in [-0.25, -0.2) is 9.78 Å². The fraction of sp³-hybridized carbons (Fsp3) is 0.429. The minimum atomic E-state index is -0.458. The third-order valence-electron chi connectivity index (χ3n) is 2.98. The SMILES string of the molecule is CCOC(=O)c1nc(CC)n(Cc2ccc(C)s2)c1N. The minimum absolute atomic E-state index is 0.219. The zero-order valence-electron chi connectivity index (χ0n) is 12.0. The van der Waals surface area contributed by atoms with E-state index in [1.165, 1.54) is 9.75 Å². The Hall–Kier alpha value is -1.82. The van der Waals surface area contributed by atoms with Crippen LogP contribution in [-0.4, -0.2) is 22.1 Å². The van der Waals surface area contributed by atoms with Gasteiger partial charge in [-0.2, -0.15) is 0 Å². The van der Waals surface area contributed by atoms with Gasteiger partial charge >= 0.3 is 5.97 Å². The van der Waals surface area contributed by atoms with E-state index in [-0.39, 0.29) is 5.69 Å². The van der Waals surface area contributed by atoms with Gasteiger partial charge in [0.25, 0.3) is 0 Å². The Bertz CT molecular complexity index is 616. The maximum absolute atomic E-state index is 11.8. The highest BCUT2D eigenvalue weighted by Crippen LogP contribution is 2.22. The molecule has 0 bridgehead atoms. The summed E-state index contributed by atoms with van der Waals surface area (Å²) in [5, 5.41) is 0. The third-order valence-corrected chi connectivity index (χ3v) is 3.97. The van der Waals surface area contributed by atoms with Crippen molar-refractivity contribution in [2.45, 2.75) is 33.7 Å². The molecule has 0 saturated heterocycles. The van der Waals surface area contributed by atoms with E-state index in [0.29, 0.717) is 25.4 Å². The van der Waals surface area contributed by atoms with Gasteiger partial charge in [0, 0.05) is 16.2 Å². The Labute approximate surface area is 122 Å². The molecule has 0 aromatic carbocycles. The highest BCUT2D eigenvalue weighted by Gasteiger charge is 2.21. The van der Waals surface area contributed by atoms with Crippen LogP contribution in [0.2, 0.25) is 0 Å². The van der Waals surface area contributed by atoms with E-state index in [9.17, 15) is 4.79 Å². The summed E-state index contributed by atoms with van der Waals surface area (Å²) in [4.78, 5) is 18.6. The molecule has 20 heavy (non-hydrogen) atoms. The zero-order valence-corrected chi connectivity index (χ0v) is 12.8. The molecule has 0 amide bonds. The molecule has 0 fully saturated rings. The first-order valence-corrected chi connectivity index (χ1v) is 7.45. The quantitative estimate of drug-likeness (QED) is 0.860. The molecule has 0 spiro atoms. The first-order valence-electron chi connectivity index (χ1n) is 6.64. The number of hydrogen-bond donors (Lipinski definition) is 1. The molecule has 2 heterocycles. The number of esters is 1. The largest absolute Gasteiger partial charge is 0.461 e. The van der Waals surface area contributed by atoms with Gasteiger partial charge in [0.05, 0.1) is 13.2 Å². The summed E-state index contributed by atoms with van der Waals surface area (Å²) in [5.74, 6) is 0.726. The number of nitrogens with zero attached hydrogens (tertiary/aromatic N) is 2. The van der Waals surface area contributed by atoms with Crippen LogP contribution in [0.15, 0.2) is 12.1 Å². The summed E-state index contributed by atoms with van der Waals surface area (Å²) in [5.41, 5.74) is 6.29. The summed E-state index contributed by atoms with van der Waals surface area (Å²) in [6, 6.07) is 4.15. The summed E-state index contributed by atoms with van der Waals surface area (Å²) in [6.07, 6.45) is 0.716. The third kappa shape index (κ3) is 2.85. The molecule has 5 nitrogen and oxygen atoms in total. The predicted molar refractivity (Wildman–Crippen MR) is 80.1 cm³/mol. The standard InChI is InChI=1S/C14H19N3O2S/c1-4-11-16-12(14(18)19-5-2)13(15)17(11)8-10-7-6-9(3)20-10/h6-7H,4-5,8,15H2,1-3H3. The molecule has 2 aromatic heterocycles. The number of thiophene rings is 1. The van der Waals surface area contributed by atoms with Gasteiger partial charge in [0.15, 0.2) is 5.69 Å². The van der Waals surface area contributed by atoms with E-state index < -0.39 is 5.97 Å². The Morgan fingerprint density at radius 1 is 1.45 bits per heavy atom. The first-order chi connectivity index (χ1) is 9.56. The van der Waals surface area contributed by atoms with Gasteiger partial charge in [-0.05, 0) is 26.0 Å². The molecule has 6 heteroatoms. The van der Waals surface area contributed by atoms with Gasteiger partial charge in [-0.3, -0.25) is 0 Å². The molecular formula is C14H19N3O2S. The van der Waals surface area contributed by atoms with E-state index in [1.54, 1.807) is 18.3 Å². The number of nitrogens with two attached hydrogens (primary N) is 1. The van der Waals surface area contributed by atoms with Crippen LogP contribution in [0.5, 0.6) is 0 Å². The first kappa shape index (κ1) is 14.6. The fourth-order valence-corrected chi connectivity index (χ4v) is 2.91. The van der Waals surface area contributed by atoms with Crippen molar-refractivity contribution in [2.75, 3.05) is 12.3 Å². The number of imidazole rings is 1. The van der Waals surface area contributed by atoms with Crippen molar-refractivity contribution in [1.82, 2.24) is 9.55 Å². The molecule has 2 rings (SSSR count). The number of anilines is 1. The number of aryl methyl sites for hydroxylation is 2. The van der Waals surface area contributed by atoms with Crippen molar-refractivity contribution in [2.24, 2.45) is 0 Å². The van der Waals surface area contributed by atoms with Crippen molar-refractivity contribution >= 4 is 23.1 Å². The van der Waals surface area contributed by atoms with Crippen LogP contribution in [0.1, 0.15) is 39.9 Å². The molecule has 0 saturated carbocycles. The number of hydrogen-bond acceptors (Lipinski definition) is 5. The predicted octanol–water partition coefficient (Wildman–Crippen LogP) is 2.62. The summed E-state index contributed by atoms with van der Waals surface area (Å²) in [7, 11) is 0. The number of aromatic nitrogens is 2. The van der Waals surface area contributed by atoms with E-state index in [4.69, 9.17) is 10.5 Å². The molecule has 2 N–H and O–H groups in total. The van der Waals surface area contributed by atoms with Gasteiger partial charge < -0.3 is 15.0 Å². The Kier molecular flexibility index (Phi) is 4.44. The van der Waals surface area contributed by atoms with Gasteiger partial charge in [0.1, 0.15) is 11.6 Å². The average Bonchev–Trinajstić information content (AvgIpc) is 2.96. The zero-order chi connectivity index (χ0) is 14.7. The molecule has 0 atom stereocenters. The normalized spacial score (nSPS) is 10.8. The number of nitrogen functional groups attached to an aromatic ring is 1. The van der Waals surface area contributed by atoms with E-state index >= 15 is 0 Å². The molecule has 0 unspecified atom stereocenters. The fourth-order valence-electron chi connectivity index (χ4n) is 2.04. The summed E-state index contributed by atoms with van der Waals surface area (Å²) < 4.78 is 6.87. The lowest BCUT2D eigenvalue weighted by Gasteiger charge is -2.07. The van der Waals surface area contributed by atoms with E-state index in [2.05, 4.69) is 24.0 Å². The monoisotopic (exact) mass is 293 g/mol. The van der Waals surface area contributed by atoms with Crippen LogP contribution in [-0.2, 0) is 17.7 Å². The van der Waals surface area contributed by atoms with Gasteiger partial charge in [0.2, 0.25) is 0 Å². The van der Waals surface area contributed by atoms with Crippen molar-refractivity contribution < 1.29 is 9.53 Å². The minimum Gasteiger partial charge on any atom is -0.461 e. The highest BCUT2D eigenvalue weighted by atomic mass is 32.1. The van der Waals surface area contributed by atoms with Crippen molar-refractivity contribution in [3.05, 3.63) is 33.4 Å². The number of carbonyl (C=O) groups excluding carboxylic acids is 1. The van der Waals surface area contributed by atoms with Crippen LogP contribution in [0.3, 0.4) is 0 Å². The lowest BCUT2D eigenvalue weighted by Crippen LogP contribution is -2.10. The second kappa shape index (κ2) is 6.09. The molecule has 0 radical (unpaired) electrons. The van der Waals surface area contributed by atoms with Crippen LogP contribution >= 0.6 is 11.3 Å². The lowest BCUT2D eigenvalue weighted by atomic mass is 10.4. The van der Waals surface area contributed by atoms with Crippen molar-refractivity contribution in [3.63, 3.8) is 0 Å².